The summed E-state index contributed by atoms with van der Waals surface area (Å²) in [4.78, 5) is 9.86. The van der Waals surface area contributed by atoms with Crippen LogP contribution in [0.5, 0.6) is 0 Å². The van der Waals surface area contributed by atoms with E-state index in [0.29, 0.717) is 12.3 Å². The maximum absolute atomic E-state index is 9.86. The van der Waals surface area contributed by atoms with Crippen molar-refractivity contribution in [2.75, 3.05) is 0 Å². The van der Waals surface area contributed by atoms with Crippen molar-refractivity contribution in [2.45, 2.75) is 26.2 Å². The Morgan fingerprint density at radius 2 is 2.44 bits per heavy atom. The van der Waals surface area contributed by atoms with Gasteiger partial charge in [0.15, 0.2) is 0 Å². The van der Waals surface area contributed by atoms with Crippen molar-refractivity contribution in [2.24, 2.45) is 5.92 Å². The third-order valence-corrected chi connectivity index (χ3v) is 1.24. The highest BCUT2D eigenvalue weighted by Gasteiger charge is 1.96. The van der Waals surface area contributed by atoms with Crippen LogP contribution >= 0.6 is 0 Å². The summed E-state index contributed by atoms with van der Waals surface area (Å²) in [6.45, 7) is 2.06. The molecule has 0 radical (unpaired) electrons. The Bertz CT molecular complexity index is 110. The van der Waals surface area contributed by atoms with Crippen LogP contribution in [0.25, 0.3) is 0 Å². The number of hydrogen-bond acceptors (Lipinski definition) is 1. The highest BCUT2D eigenvalue weighted by atomic mass is 16.1. The van der Waals surface area contributed by atoms with Crippen LogP contribution in [0.3, 0.4) is 0 Å². The van der Waals surface area contributed by atoms with Crippen molar-refractivity contribution in [1.29, 1.82) is 0 Å². The summed E-state index contributed by atoms with van der Waals surface area (Å²) in [6, 6.07) is 0. The molecule has 1 atom stereocenters. The van der Waals surface area contributed by atoms with Crippen molar-refractivity contribution < 1.29 is 4.79 Å². The molecule has 0 aromatic rings. The molecule has 0 aliphatic heterocycles. The standard InChI is InChI=1S/C8H12O/c1-3-5-8(2)6-4-7-9/h1,7-8H,4-6H2,2H3. The van der Waals surface area contributed by atoms with Gasteiger partial charge in [0.1, 0.15) is 6.29 Å². The summed E-state index contributed by atoms with van der Waals surface area (Å²) < 4.78 is 0. The van der Waals surface area contributed by atoms with Crippen LogP contribution in [-0.2, 0) is 4.79 Å². The summed E-state index contributed by atoms with van der Waals surface area (Å²) in [7, 11) is 0. The Morgan fingerprint density at radius 1 is 1.78 bits per heavy atom. The topological polar surface area (TPSA) is 17.1 Å². The lowest BCUT2D eigenvalue weighted by atomic mass is 10.0. The lowest BCUT2D eigenvalue weighted by Gasteiger charge is -2.01. The van der Waals surface area contributed by atoms with E-state index < -0.39 is 0 Å². The first-order valence-corrected chi connectivity index (χ1v) is 3.18. The molecule has 0 saturated carbocycles. The van der Waals surface area contributed by atoms with Gasteiger partial charge in [-0.2, -0.15) is 0 Å². The Labute approximate surface area is 56.5 Å². The van der Waals surface area contributed by atoms with Gasteiger partial charge in [-0.05, 0) is 12.3 Å². The first-order chi connectivity index (χ1) is 4.31. The molecule has 50 valence electrons. The van der Waals surface area contributed by atoms with Gasteiger partial charge in [0, 0.05) is 12.8 Å². The first kappa shape index (κ1) is 8.23. The van der Waals surface area contributed by atoms with Crippen LogP contribution in [0.4, 0.5) is 0 Å². The molecule has 0 amide bonds. The molecule has 1 unspecified atom stereocenters. The third kappa shape index (κ3) is 5.10. The van der Waals surface area contributed by atoms with E-state index in [1.54, 1.807) is 0 Å². The van der Waals surface area contributed by atoms with E-state index in [-0.39, 0.29) is 0 Å². The summed E-state index contributed by atoms with van der Waals surface area (Å²) in [5.41, 5.74) is 0. The first-order valence-electron chi connectivity index (χ1n) is 3.18. The quantitative estimate of drug-likeness (QED) is 0.411. The molecule has 0 aliphatic rings. The molecule has 0 aromatic carbocycles. The van der Waals surface area contributed by atoms with Crippen molar-refractivity contribution in [3.8, 4) is 12.3 Å². The fourth-order valence-corrected chi connectivity index (χ4v) is 0.656. The molecule has 0 spiro atoms. The lowest BCUT2D eigenvalue weighted by Crippen LogP contribution is -1.92. The van der Waals surface area contributed by atoms with Gasteiger partial charge in [0.25, 0.3) is 0 Å². The second-order valence-electron chi connectivity index (χ2n) is 2.26. The maximum Gasteiger partial charge on any atom is 0.120 e. The summed E-state index contributed by atoms with van der Waals surface area (Å²) in [6.07, 6.45) is 8.35. The SMILES string of the molecule is C#CCC(C)CCC=O. The van der Waals surface area contributed by atoms with E-state index in [0.717, 1.165) is 19.1 Å². The van der Waals surface area contributed by atoms with Gasteiger partial charge in [0.2, 0.25) is 0 Å². The Morgan fingerprint density at radius 3 is 2.89 bits per heavy atom. The van der Waals surface area contributed by atoms with Crippen molar-refractivity contribution in [3.05, 3.63) is 0 Å². The average molecular weight is 124 g/mol. The monoisotopic (exact) mass is 124 g/mol. The molecule has 0 rings (SSSR count). The highest BCUT2D eigenvalue weighted by molar-refractivity contribution is 5.49. The lowest BCUT2D eigenvalue weighted by molar-refractivity contribution is -0.108. The van der Waals surface area contributed by atoms with Crippen LogP contribution < -0.4 is 0 Å². The number of carbonyl (C=O) groups is 1. The summed E-state index contributed by atoms with van der Waals surface area (Å²) in [5, 5.41) is 0. The zero-order valence-electron chi connectivity index (χ0n) is 5.76. The summed E-state index contributed by atoms with van der Waals surface area (Å²) in [5.74, 6) is 3.06. The van der Waals surface area contributed by atoms with Crippen molar-refractivity contribution >= 4 is 6.29 Å². The molecular weight excluding hydrogens is 112 g/mol. The van der Waals surface area contributed by atoms with E-state index in [9.17, 15) is 4.79 Å². The average Bonchev–Trinajstić information content (AvgIpc) is 1.85. The van der Waals surface area contributed by atoms with Gasteiger partial charge in [-0.3, -0.25) is 0 Å². The van der Waals surface area contributed by atoms with Crippen LogP contribution in [0, 0.1) is 18.3 Å². The van der Waals surface area contributed by atoms with E-state index in [1.807, 2.05) is 0 Å². The molecule has 0 aliphatic carbocycles. The molecule has 9 heavy (non-hydrogen) atoms. The Hall–Kier alpha value is -0.770. The molecule has 0 N–H and O–H groups in total. The normalized spacial score (nSPS) is 12.0. The minimum absolute atomic E-state index is 0.500. The predicted molar refractivity (Wildman–Crippen MR) is 37.9 cm³/mol. The second-order valence-corrected chi connectivity index (χ2v) is 2.26. The van der Waals surface area contributed by atoms with Crippen LogP contribution in [0.1, 0.15) is 26.2 Å². The van der Waals surface area contributed by atoms with Crippen molar-refractivity contribution in [3.63, 3.8) is 0 Å². The van der Waals surface area contributed by atoms with E-state index in [4.69, 9.17) is 6.42 Å². The molecular formula is C8H12O. The molecule has 0 heterocycles. The molecule has 0 saturated heterocycles. The van der Waals surface area contributed by atoms with E-state index >= 15 is 0 Å². The molecule has 1 heteroatoms. The molecule has 1 nitrogen and oxygen atoms in total. The number of rotatable bonds is 4. The number of hydrogen-bond donors (Lipinski definition) is 0. The van der Waals surface area contributed by atoms with Gasteiger partial charge in [-0.15, -0.1) is 12.3 Å². The number of carbonyl (C=O) groups excluding carboxylic acids is 1. The van der Waals surface area contributed by atoms with Gasteiger partial charge in [0.05, 0.1) is 0 Å². The van der Waals surface area contributed by atoms with Gasteiger partial charge in [-0.25, -0.2) is 0 Å². The van der Waals surface area contributed by atoms with Crippen LogP contribution in [0.2, 0.25) is 0 Å². The minimum atomic E-state index is 0.500. The number of terminal acetylenes is 1. The fraction of sp³-hybridized carbons (Fsp3) is 0.625. The van der Waals surface area contributed by atoms with Gasteiger partial charge < -0.3 is 4.79 Å². The molecule has 0 bridgehead atoms. The zero-order chi connectivity index (χ0) is 7.11. The predicted octanol–water partition coefficient (Wildman–Crippen LogP) is 1.62. The molecule has 0 aromatic heterocycles. The second kappa shape index (κ2) is 5.37. The summed E-state index contributed by atoms with van der Waals surface area (Å²) >= 11 is 0. The minimum Gasteiger partial charge on any atom is -0.303 e. The van der Waals surface area contributed by atoms with E-state index in [1.165, 1.54) is 0 Å². The molecule has 0 fully saturated rings. The third-order valence-electron chi connectivity index (χ3n) is 1.24. The largest absolute Gasteiger partial charge is 0.303 e. The van der Waals surface area contributed by atoms with Crippen molar-refractivity contribution in [1.82, 2.24) is 0 Å². The smallest absolute Gasteiger partial charge is 0.120 e. The van der Waals surface area contributed by atoms with Crippen LogP contribution in [-0.4, -0.2) is 6.29 Å². The highest BCUT2D eigenvalue weighted by Crippen LogP contribution is 2.06. The van der Waals surface area contributed by atoms with Crippen LogP contribution in [0.15, 0.2) is 0 Å². The Kier molecular flexibility index (Phi) is 4.91. The zero-order valence-corrected chi connectivity index (χ0v) is 5.76. The van der Waals surface area contributed by atoms with Gasteiger partial charge >= 0.3 is 0 Å². The fourth-order valence-electron chi connectivity index (χ4n) is 0.656. The maximum atomic E-state index is 9.86. The van der Waals surface area contributed by atoms with Gasteiger partial charge in [-0.1, -0.05) is 6.92 Å². The number of aldehydes is 1. The Balaban J connectivity index is 3.17. The van der Waals surface area contributed by atoms with E-state index in [2.05, 4.69) is 12.8 Å².